The van der Waals surface area contributed by atoms with Gasteiger partial charge in [-0.1, -0.05) is 41.9 Å². The lowest BCUT2D eigenvalue weighted by Crippen LogP contribution is -2.61. The van der Waals surface area contributed by atoms with E-state index < -0.39 is 12.0 Å². The highest BCUT2D eigenvalue weighted by Gasteiger charge is 2.44. The third kappa shape index (κ3) is 6.99. The minimum absolute atomic E-state index is 0.0338. The highest BCUT2D eigenvalue weighted by molar-refractivity contribution is 6.30. The zero-order valence-electron chi connectivity index (χ0n) is 24.9. The number of carboxylic acid groups (broad SMARTS) is 1. The summed E-state index contributed by atoms with van der Waals surface area (Å²) in [4.78, 5) is 43.8. The lowest BCUT2D eigenvalue weighted by Gasteiger charge is -2.47. The number of halogens is 1. The van der Waals surface area contributed by atoms with E-state index >= 15 is 0 Å². The number of carbonyl (C=O) groups excluding carboxylic acids is 2. The number of carboxylic acids is 1. The zero-order chi connectivity index (χ0) is 32.0. The Hall–Kier alpha value is -4.91. The van der Waals surface area contributed by atoms with Crippen molar-refractivity contribution in [3.63, 3.8) is 0 Å². The molecule has 0 spiro atoms. The molecule has 0 saturated carbocycles. The lowest BCUT2D eigenvalue weighted by molar-refractivity contribution is -0.139. The molecule has 3 aromatic carbocycles. The molecule has 0 bridgehead atoms. The molecular weight excluding hydrogens is 608 g/mol. The smallest absolute Gasteiger partial charge is 0.335 e. The molecule has 3 unspecified atom stereocenters. The highest BCUT2D eigenvalue weighted by Crippen LogP contribution is 2.36. The van der Waals surface area contributed by atoms with Gasteiger partial charge in [-0.3, -0.25) is 14.5 Å². The summed E-state index contributed by atoms with van der Waals surface area (Å²) in [5.74, 6) is -2.03. The van der Waals surface area contributed by atoms with E-state index in [1.165, 1.54) is 29.2 Å². The number of benzene rings is 3. The first-order valence-corrected chi connectivity index (χ1v) is 15.4. The zero-order valence-corrected chi connectivity index (χ0v) is 25.6. The highest BCUT2D eigenvalue weighted by atomic mass is 35.5. The number of rotatable bonds is 8. The molecule has 2 amide bonds. The number of hydrogen-bond acceptors (Lipinski definition) is 8. The van der Waals surface area contributed by atoms with Crippen LogP contribution in [0.2, 0.25) is 5.02 Å². The van der Waals surface area contributed by atoms with Crippen molar-refractivity contribution in [1.82, 2.24) is 35.3 Å². The first-order valence-electron chi connectivity index (χ1n) is 15.0. The molecule has 6 rings (SSSR count). The number of hydrogen-bond donors (Lipinski definition) is 3. The number of carbonyl (C=O) groups is 3. The molecule has 0 radical (unpaired) electrons. The fourth-order valence-electron chi connectivity index (χ4n) is 6.24. The first-order chi connectivity index (χ1) is 22.4. The van der Waals surface area contributed by atoms with E-state index in [4.69, 9.17) is 11.6 Å². The molecule has 46 heavy (non-hydrogen) atoms. The monoisotopic (exact) mass is 640 g/mol. The Morgan fingerprint density at radius 3 is 2.46 bits per heavy atom. The molecule has 2 aliphatic rings. The Kier molecular flexibility index (Phi) is 9.48. The van der Waals surface area contributed by atoms with Gasteiger partial charge in [0.15, 0.2) is 0 Å². The molecule has 2 fully saturated rings. The van der Waals surface area contributed by atoms with Crippen LogP contribution >= 0.6 is 11.6 Å². The summed E-state index contributed by atoms with van der Waals surface area (Å²) < 4.78 is 1.49. The maximum Gasteiger partial charge on any atom is 0.335 e. The summed E-state index contributed by atoms with van der Waals surface area (Å²) in [5, 5.41) is 27.5. The van der Waals surface area contributed by atoms with E-state index in [1.54, 1.807) is 41.3 Å². The van der Waals surface area contributed by atoms with Crippen LogP contribution in [0.4, 0.5) is 5.69 Å². The number of likely N-dealkylation sites (tertiary alicyclic amines) is 1. The molecule has 13 heteroatoms. The van der Waals surface area contributed by atoms with Gasteiger partial charge < -0.3 is 20.6 Å². The van der Waals surface area contributed by atoms with Crippen LogP contribution in [-0.2, 0) is 9.59 Å². The minimum Gasteiger partial charge on any atom is -0.478 e. The summed E-state index contributed by atoms with van der Waals surface area (Å²) >= 11 is 6.32. The Morgan fingerprint density at radius 2 is 1.76 bits per heavy atom. The minimum atomic E-state index is -1.06. The van der Waals surface area contributed by atoms with E-state index in [1.807, 2.05) is 30.3 Å². The summed E-state index contributed by atoms with van der Waals surface area (Å²) in [6.45, 7) is 3.75. The average molecular weight is 641 g/mol. The van der Waals surface area contributed by atoms with Crippen LogP contribution in [0.25, 0.3) is 11.8 Å². The van der Waals surface area contributed by atoms with Crippen molar-refractivity contribution in [3.05, 3.63) is 107 Å². The van der Waals surface area contributed by atoms with Crippen molar-refractivity contribution in [2.45, 2.75) is 24.4 Å². The molecule has 3 atom stereocenters. The third-order valence-corrected chi connectivity index (χ3v) is 8.72. The van der Waals surface area contributed by atoms with Crippen LogP contribution in [0.5, 0.6) is 0 Å². The van der Waals surface area contributed by atoms with Crippen molar-refractivity contribution in [1.29, 1.82) is 0 Å². The van der Waals surface area contributed by atoms with E-state index in [0.29, 0.717) is 34.9 Å². The molecule has 1 aromatic heterocycles. The van der Waals surface area contributed by atoms with Gasteiger partial charge in [-0.05, 0) is 71.0 Å². The molecule has 12 nitrogen and oxygen atoms in total. The maximum atomic E-state index is 14.2. The number of piperazine rings is 1. The van der Waals surface area contributed by atoms with Crippen molar-refractivity contribution in [2.24, 2.45) is 0 Å². The standard InChI is InChI=1S/C33H33ClN8O4/c34-25-9-12-29(42-21-36-38-39-42)24(18-25)8-13-30(43)41-20-27(40-16-14-35-15-17-40)19-28(22-4-2-1-3-5-22)31(41)32(44)37-26-10-6-23(7-11-26)33(45)46/h1-13,18,21,27-28,31,35H,14-17,19-20H2,(H,37,44)(H,45,46). The summed E-state index contributed by atoms with van der Waals surface area (Å²) in [6, 6.07) is 20.2. The number of aromatic nitrogens is 4. The predicted molar refractivity (Wildman–Crippen MR) is 173 cm³/mol. The second kappa shape index (κ2) is 14.0. The van der Waals surface area contributed by atoms with Gasteiger partial charge in [-0.25, -0.2) is 4.79 Å². The SMILES string of the molecule is O=C(O)c1ccc(NC(=O)C2C(c3ccccc3)CC(N3CCNCC3)CN2C(=O)C=Cc2cc(Cl)ccc2-n2cnnn2)cc1. The second-order valence-corrected chi connectivity index (χ2v) is 11.7. The molecule has 2 saturated heterocycles. The van der Waals surface area contributed by atoms with Gasteiger partial charge in [0.1, 0.15) is 12.4 Å². The molecule has 4 aromatic rings. The van der Waals surface area contributed by atoms with Crippen LogP contribution in [0, 0.1) is 0 Å². The van der Waals surface area contributed by atoms with Crippen LogP contribution in [0.3, 0.4) is 0 Å². The Labute approximate surface area is 270 Å². The van der Waals surface area contributed by atoms with Crippen LogP contribution < -0.4 is 10.6 Å². The molecule has 3 N–H and O–H groups in total. The Morgan fingerprint density at radius 1 is 1.00 bits per heavy atom. The number of piperidine rings is 1. The fourth-order valence-corrected chi connectivity index (χ4v) is 6.42. The number of anilines is 1. The lowest BCUT2D eigenvalue weighted by atomic mass is 9.80. The predicted octanol–water partition coefficient (Wildman–Crippen LogP) is 3.32. The van der Waals surface area contributed by atoms with Gasteiger partial charge in [0.2, 0.25) is 11.8 Å². The first kappa shape index (κ1) is 31.1. The van der Waals surface area contributed by atoms with Gasteiger partial charge in [-0.15, -0.1) is 5.10 Å². The van der Waals surface area contributed by atoms with Crippen LogP contribution in [-0.4, -0.2) is 97.7 Å². The van der Waals surface area contributed by atoms with Crippen LogP contribution in [0.15, 0.2) is 85.2 Å². The topological polar surface area (TPSA) is 146 Å². The van der Waals surface area contributed by atoms with Gasteiger partial charge in [0, 0.05) is 67.0 Å². The molecule has 0 aliphatic carbocycles. The van der Waals surface area contributed by atoms with E-state index in [2.05, 4.69) is 31.1 Å². The van der Waals surface area contributed by atoms with Crippen molar-refractivity contribution < 1.29 is 19.5 Å². The number of amides is 2. The molecular formula is C33H33ClN8O4. The number of aromatic carboxylic acids is 1. The quantitative estimate of drug-likeness (QED) is 0.247. The molecule has 2 aliphatic heterocycles. The normalized spacial score (nSPS) is 20.5. The van der Waals surface area contributed by atoms with Crippen molar-refractivity contribution >= 4 is 41.1 Å². The van der Waals surface area contributed by atoms with Crippen molar-refractivity contribution in [3.8, 4) is 5.69 Å². The third-order valence-electron chi connectivity index (χ3n) is 8.49. The fraction of sp³-hybridized carbons (Fsp3) is 0.273. The van der Waals surface area contributed by atoms with E-state index in [-0.39, 0.29) is 29.3 Å². The average Bonchev–Trinajstić information content (AvgIpc) is 3.62. The van der Waals surface area contributed by atoms with E-state index in [0.717, 1.165) is 31.7 Å². The molecule has 236 valence electrons. The largest absolute Gasteiger partial charge is 0.478 e. The second-order valence-electron chi connectivity index (χ2n) is 11.3. The summed E-state index contributed by atoms with van der Waals surface area (Å²) in [5.41, 5.74) is 2.78. The Bertz CT molecular complexity index is 1710. The van der Waals surface area contributed by atoms with Gasteiger partial charge in [-0.2, -0.15) is 4.68 Å². The summed E-state index contributed by atoms with van der Waals surface area (Å²) in [6.07, 6.45) is 5.27. The van der Waals surface area contributed by atoms with Gasteiger partial charge >= 0.3 is 5.97 Å². The van der Waals surface area contributed by atoms with E-state index in [9.17, 15) is 19.5 Å². The molecule has 3 heterocycles. The van der Waals surface area contributed by atoms with Crippen molar-refractivity contribution in [2.75, 3.05) is 38.0 Å². The number of nitrogens with one attached hydrogen (secondary N) is 2. The van der Waals surface area contributed by atoms with Crippen LogP contribution in [0.1, 0.15) is 33.8 Å². The van der Waals surface area contributed by atoms with Gasteiger partial charge in [0.25, 0.3) is 0 Å². The number of tetrazole rings is 1. The van der Waals surface area contributed by atoms with Gasteiger partial charge in [0.05, 0.1) is 11.3 Å². The number of nitrogens with zero attached hydrogens (tertiary/aromatic N) is 6. The Balaban J connectivity index is 1.36. The summed E-state index contributed by atoms with van der Waals surface area (Å²) in [7, 11) is 0. The maximum absolute atomic E-state index is 14.2.